The summed E-state index contributed by atoms with van der Waals surface area (Å²) < 4.78 is 9.13. The molecule has 0 atom stereocenters. The van der Waals surface area contributed by atoms with E-state index in [4.69, 9.17) is 16.3 Å². The van der Waals surface area contributed by atoms with Gasteiger partial charge in [0.05, 0.1) is 12.8 Å². The number of halogens is 1. The lowest BCUT2D eigenvalue weighted by molar-refractivity contribution is -0.113. The van der Waals surface area contributed by atoms with Crippen molar-refractivity contribution in [3.63, 3.8) is 0 Å². The van der Waals surface area contributed by atoms with Crippen LogP contribution in [0.5, 0.6) is 5.75 Å². The molecule has 30 heavy (non-hydrogen) atoms. The third kappa shape index (κ3) is 3.98. The molecule has 1 amide bonds. The Labute approximate surface area is 180 Å². The second-order valence-corrected chi connectivity index (χ2v) is 7.48. The first-order chi connectivity index (χ1) is 14.3. The van der Waals surface area contributed by atoms with Crippen LogP contribution in [0.25, 0.3) is 11.8 Å². The van der Waals surface area contributed by atoms with Gasteiger partial charge in [0.25, 0.3) is 5.91 Å². The van der Waals surface area contributed by atoms with Crippen LogP contribution in [0.1, 0.15) is 28.3 Å². The maximum absolute atomic E-state index is 12.7. The van der Waals surface area contributed by atoms with Crippen molar-refractivity contribution < 1.29 is 9.53 Å². The molecule has 0 radical (unpaired) electrons. The van der Waals surface area contributed by atoms with Crippen molar-refractivity contribution >= 4 is 23.6 Å². The third-order valence-corrected chi connectivity index (χ3v) is 5.24. The van der Waals surface area contributed by atoms with Crippen molar-refractivity contribution in [1.29, 1.82) is 5.26 Å². The molecule has 2 aromatic heterocycles. The highest BCUT2D eigenvalue weighted by atomic mass is 35.5. The zero-order valence-corrected chi connectivity index (χ0v) is 18.3. The van der Waals surface area contributed by atoms with Crippen molar-refractivity contribution in [3.05, 3.63) is 75.3 Å². The number of nitriles is 1. The topological polar surface area (TPSA) is 72.0 Å². The van der Waals surface area contributed by atoms with E-state index >= 15 is 0 Å². The summed E-state index contributed by atoms with van der Waals surface area (Å²) in [5.41, 5.74) is 7.89. The average Bonchev–Trinajstić information content (AvgIpc) is 3.17. The minimum absolute atomic E-state index is 0.0146. The Hall–Kier alpha value is -3.43. The van der Waals surface area contributed by atoms with Gasteiger partial charge in [-0.25, -0.2) is 0 Å². The number of nitrogens with zero attached hydrogens (tertiary/aromatic N) is 3. The predicted molar refractivity (Wildman–Crippen MR) is 119 cm³/mol. The van der Waals surface area contributed by atoms with Crippen LogP contribution in [0.2, 0.25) is 5.02 Å². The molecule has 2 heterocycles. The lowest BCUT2D eigenvalue weighted by atomic mass is 10.1. The van der Waals surface area contributed by atoms with Crippen LogP contribution in [0.3, 0.4) is 0 Å². The Morgan fingerprint density at radius 1 is 1.10 bits per heavy atom. The highest BCUT2D eigenvalue weighted by Crippen LogP contribution is 2.31. The van der Waals surface area contributed by atoms with Crippen molar-refractivity contribution in [2.24, 2.45) is 0 Å². The molecule has 0 aliphatic heterocycles. The zero-order chi connectivity index (χ0) is 22.0. The number of ether oxygens (including phenoxy) is 1. The molecule has 0 aliphatic carbocycles. The first-order valence-corrected chi connectivity index (χ1v) is 9.75. The molecule has 3 aromatic rings. The summed E-state index contributed by atoms with van der Waals surface area (Å²) in [7, 11) is 1.60. The number of rotatable bonds is 5. The Bertz CT molecular complexity index is 1180. The molecular weight excluding hydrogens is 400 g/mol. The largest absolute Gasteiger partial charge is 0.495 e. The predicted octanol–water partition coefficient (Wildman–Crippen LogP) is 4.85. The summed E-state index contributed by atoms with van der Waals surface area (Å²) in [5.74, 6) is 0.207. The summed E-state index contributed by atoms with van der Waals surface area (Å²) in [6.45, 7) is 7.64. The fourth-order valence-corrected chi connectivity index (χ4v) is 3.62. The van der Waals surface area contributed by atoms with Crippen molar-refractivity contribution in [3.8, 4) is 17.5 Å². The molecule has 154 valence electrons. The molecule has 0 unspecified atom stereocenters. The van der Waals surface area contributed by atoms with Crippen LogP contribution in [0.15, 0.2) is 42.0 Å². The summed E-state index contributed by atoms with van der Waals surface area (Å²) in [4.78, 5) is 12.7. The molecule has 0 bridgehead atoms. The van der Waals surface area contributed by atoms with Crippen molar-refractivity contribution in [2.45, 2.75) is 27.7 Å². The van der Waals surface area contributed by atoms with Gasteiger partial charge in [-0.05, 0) is 75.7 Å². The summed E-state index contributed by atoms with van der Waals surface area (Å²) in [6.07, 6.45) is 1.60. The molecule has 0 spiro atoms. The Morgan fingerprint density at radius 3 is 2.37 bits per heavy atom. The Morgan fingerprint density at radius 2 is 1.77 bits per heavy atom. The van der Waals surface area contributed by atoms with Gasteiger partial charge in [-0.1, -0.05) is 11.6 Å². The fourth-order valence-electron chi connectivity index (χ4n) is 3.45. The van der Waals surface area contributed by atoms with Gasteiger partial charge in [-0.3, -0.25) is 14.9 Å². The molecule has 1 aromatic carbocycles. The number of carbonyl (C=O) groups is 1. The minimum Gasteiger partial charge on any atom is -0.495 e. The van der Waals surface area contributed by atoms with Gasteiger partial charge < -0.3 is 9.30 Å². The number of aromatic nitrogens is 2. The average molecular weight is 423 g/mol. The smallest absolute Gasteiger partial charge is 0.280 e. The summed E-state index contributed by atoms with van der Waals surface area (Å²) >= 11 is 6.20. The molecule has 7 heteroatoms. The maximum atomic E-state index is 12.7. The molecule has 0 aliphatic rings. The van der Waals surface area contributed by atoms with Gasteiger partial charge in [0.1, 0.15) is 17.4 Å². The van der Waals surface area contributed by atoms with Crippen molar-refractivity contribution in [1.82, 2.24) is 9.24 Å². The second-order valence-electron chi connectivity index (χ2n) is 7.04. The first kappa shape index (κ1) is 21.3. The standard InChI is InChI=1S/C23H23ClN4O2/c1-14-6-7-15(2)28(14)26-23(29)19(13-25)11-18-10-16(3)27(17(18)4)21-12-20(24)8-9-22(21)30-5/h6-12H,1-5H3,(H,26,29)/b19-11-. The van der Waals surface area contributed by atoms with Crippen molar-refractivity contribution in [2.75, 3.05) is 12.5 Å². The van der Waals surface area contributed by atoms with Crippen LogP contribution in [0.4, 0.5) is 0 Å². The molecule has 1 N–H and O–H groups in total. The SMILES string of the molecule is COc1ccc(Cl)cc1-n1c(C)cc(/C=C(/C#N)C(=O)Nn2c(C)ccc2C)c1C. The number of carbonyl (C=O) groups excluding carboxylic acids is 1. The normalized spacial score (nSPS) is 11.3. The minimum atomic E-state index is -0.468. The maximum Gasteiger partial charge on any atom is 0.280 e. The van der Waals surface area contributed by atoms with Crippen LogP contribution in [0, 0.1) is 39.0 Å². The third-order valence-electron chi connectivity index (χ3n) is 5.00. The van der Waals surface area contributed by atoms with Crippen LogP contribution in [-0.2, 0) is 4.79 Å². The number of amides is 1. The molecule has 0 saturated heterocycles. The van der Waals surface area contributed by atoms with Gasteiger partial charge in [0, 0.05) is 27.8 Å². The molecule has 6 nitrogen and oxygen atoms in total. The highest BCUT2D eigenvalue weighted by molar-refractivity contribution is 6.30. The summed E-state index contributed by atoms with van der Waals surface area (Å²) in [5, 5.41) is 10.2. The van der Waals surface area contributed by atoms with E-state index in [1.54, 1.807) is 23.9 Å². The number of hydrogen-bond acceptors (Lipinski definition) is 3. The van der Waals surface area contributed by atoms with Crippen LogP contribution in [-0.4, -0.2) is 22.3 Å². The van der Waals surface area contributed by atoms with E-state index in [-0.39, 0.29) is 5.57 Å². The molecule has 0 saturated carbocycles. The lowest BCUT2D eigenvalue weighted by Crippen LogP contribution is -2.25. The zero-order valence-electron chi connectivity index (χ0n) is 17.6. The quantitative estimate of drug-likeness (QED) is 0.471. The van der Waals surface area contributed by atoms with Gasteiger partial charge in [-0.2, -0.15) is 5.26 Å². The monoisotopic (exact) mass is 422 g/mol. The number of benzene rings is 1. The van der Waals surface area contributed by atoms with E-state index in [0.29, 0.717) is 10.8 Å². The molecule has 0 fully saturated rings. The van der Waals surface area contributed by atoms with E-state index < -0.39 is 5.91 Å². The number of hydrogen-bond donors (Lipinski definition) is 1. The number of nitrogens with one attached hydrogen (secondary N) is 1. The van der Waals surface area contributed by atoms with Crippen LogP contribution < -0.4 is 10.2 Å². The van der Waals surface area contributed by atoms with Gasteiger partial charge in [0.15, 0.2) is 0 Å². The first-order valence-electron chi connectivity index (χ1n) is 9.37. The molecular formula is C23H23ClN4O2. The molecule has 3 rings (SSSR count). The second kappa shape index (κ2) is 8.52. The van der Waals surface area contributed by atoms with E-state index in [1.807, 2.05) is 68.7 Å². The van der Waals surface area contributed by atoms with E-state index in [9.17, 15) is 10.1 Å². The van der Waals surface area contributed by atoms with E-state index in [0.717, 1.165) is 34.0 Å². The van der Waals surface area contributed by atoms with Gasteiger partial charge in [0.2, 0.25) is 0 Å². The van der Waals surface area contributed by atoms with Crippen LogP contribution >= 0.6 is 11.6 Å². The Kier molecular flexibility index (Phi) is 6.04. The lowest BCUT2D eigenvalue weighted by Gasteiger charge is -2.14. The number of methoxy groups -OCH3 is 1. The van der Waals surface area contributed by atoms with E-state index in [1.165, 1.54) is 0 Å². The van der Waals surface area contributed by atoms with E-state index in [2.05, 4.69) is 5.43 Å². The highest BCUT2D eigenvalue weighted by Gasteiger charge is 2.17. The fraction of sp³-hybridized carbons (Fsp3) is 0.217. The number of aryl methyl sites for hydroxylation is 3. The van der Waals surface area contributed by atoms with Gasteiger partial charge in [-0.15, -0.1) is 0 Å². The summed E-state index contributed by atoms with van der Waals surface area (Å²) in [6, 6.07) is 13.1. The Balaban J connectivity index is 2.01. The van der Waals surface area contributed by atoms with Gasteiger partial charge >= 0.3 is 0 Å².